The van der Waals surface area contributed by atoms with Gasteiger partial charge in [0.1, 0.15) is 11.6 Å². The maximum Gasteiger partial charge on any atom is 0.419 e. The Morgan fingerprint density at radius 3 is 2.67 bits per heavy atom. The summed E-state index contributed by atoms with van der Waals surface area (Å²) in [4.78, 5) is 4.47. The molecule has 0 aliphatic heterocycles. The molecule has 0 amide bonds. The van der Waals surface area contributed by atoms with E-state index in [-0.39, 0.29) is 16.8 Å². The van der Waals surface area contributed by atoms with Crippen LogP contribution in [0.4, 0.5) is 17.6 Å². The molecular weight excluding hydrogens is 440 g/mol. The number of ether oxygens (including phenoxy) is 1. The number of aryl methyl sites for hydroxylation is 1. The van der Waals surface area contributed by atoms with Crippen LogP contribution in [0.1, 0.15) is 41.3 Å². The van der Waals surface area contributed by atoms with Gasteiger partial charge in [-0.1, -0.05) is 17.7 Å². The second-order valence-corrected chi connectivity index (χ2v) is 7.89. The number of imidazole rings is 1. The van der Waals surface area contributed by atoms with Crippen LogP contribution in [0.3, 0.4) is 0 Å². The highest BCUT2D eigenvalue weighted by Gasteiger charge is 2.35. The average Bonchev–Trinajstić information content (AvgIpc) is 3.04. The molecule has 1 atom stereocenters. The molecule has 1 aromatic heterocycles. The molecule has 0 fully saturated rings. The topological polar surface area (TPSA) is 27.1 Å². The smallest absolute Gasteiger partial charge is 0.419 e. The van der Waals surface area contributed by atoms with Crippen LogP contribution < -0.4 is 4.74 Å². The van der Waals surface area contributed by atoms with E-state index in [1.54, 1.807) is 10.6 Å². The Morgan fingerprint density at radius 1 is 1.20 bits per heavy atom. The normalized spacial score (nSPS) is 16.4. The van der Waals surface area contributed by atoms with Gasteiger partial charge >= 0.3 is 6.18 Å². The Hall–Kier alpha value is -2.19. The van der Waals surface area contributed by atoms with E-state index in [4.69, 9.17) is 16.3 Å². The standard InChI is InChI=1S/C21H17ClF4N2OS/c1-29-18-9-11(5-7-15(18)22)13-3-2-4-17-19(13)28(20(30)27-17)12-6-8-16(23)14(10-12)21(24,25)26/h5-10,13H,2-4H2,1H3,(H,27,30). The highest BCUT2D eigenvalue weighted by molar-refractivity contribution is 7.80. The molecule has 3 nitrogen and oxygen atoms in total. The van der Waals surface area contributed by atoms with Crippen LogP contribution >= 0.6 is 24.2 Å². The Kier molecular flexibility index (Phi) is 5.48. The third-order valence-electron chi connectivity index (χ3n) is 5.30. The lowest BCUT2D eigenvalue weighted by molar-refractivity contribution is -0.140. The highest BCUT2D eigenvalue weighted by atomic mass is 35.5. The van der Waals surface area contributed by atoms with Crippen molar-refractivity contribution in [2.24, 2.45) is 0 Å². The van der Waals surface area contributed by atoms with Crippen molar-refractivity contribution in [1.29, 1.82) is 0 Å². The van der Waals surface area contributed by atoms with E-state index in [9.17, 15) is 17.6 Å². The zero-order valence-electron chi connectivity index (χ0n) is 15.8. The quantitative estimate of drug-likeness (QED) is 0.362. The van der Waals surface area contributed by atoms with Gasteiger partial charge in [0, 0.05) is 11.6 Å². The molecule has 2 aromatic carbocycles. The number of alkyl halides is 3. The van der Waals surface area contributed by atoms with Gasteiger partial charge in [-0.2, -0.15) is 13.2 Å². The Morgan fingerprint density at radius 2 is 1.97 bits per heavy atom. The molecule has 0 saturated carbocycles. The van der Waals surface area contributed by atoms with E-state index in [0.717, 1.165) is 41.9 Å². The number of benzene rings is 2. The summed E-state index contributed by atoms with van der Waals surface area (Å²) in [5.41, 5.74) is 1.26. The first-order chi connectivity index (χ1) is 14.2. The third-order valence-corrected chi connectivity index (χ3v) is 5.91. The molecule has 1 heterocycles. The second kappa shape index (κ2) is 7.81. The Labute approximate surface area is 181 Å². The predicted molar refractivity (Wildman–Crippen MR) is 109 cm³/mol. The summed E-state index contributed by atoms with van der Waals surface area (Å²) in [6, 6.07) is 8.34. The number of aromatic nitrogens is 2. The van der Waals surface area contributed by atoms with Crippen molar-refractivity contribution in [3.63, 3.8) is 0 Å². The first-order valence-electron chi connectivity index (χ1n) is 9.21. The molecule has 158 valence electrons. The van der Waals surface area contributed by atoms with Crippen molar-refractivity contribution in [1.82, 2.24) is 9.55 Å². The van der Waals surface area contributed by atoms with Crippen LogP contribution in [0.25, 0.3) is 5.69 Å². The lowest BCUT2D eigenvalue weighted by Gasteiger charge is -2.26. The maximum atomic E-state index is 13.8. The summed E-state index contributed by atoms with van der Waals surface area (Å²) in [6.07, 6.45) is -2.49. The zero-order chi connectivity index (χ0) is 21.6. The molecule has 0 radical (unpaired) electrons. The molecule has 3 aromatic rings. The minimum Gasteiger partial charge on any atom is -0.495 e. The second-order valence-electron chi connectivity index (χ2n) is 7.08. The van der Waals surface area contributed by atoms with Gasteiger partial charge in [-0.15, -0.1) is 12.6 Å². The molecular formula is C21H17ClF4N2OS. The van der Waals surface area contributed by atoms with Crippen LogP contribution in [-0.2, 0) is 12.6 Å². The molecule has 4 rings (SSSR count). The van der Waals surface area contributed by atoms with Crippen LogP contribution in [0.5, 0.6) is 5.75 Å². The van der Waals surface area contributed by atoms with Crippen LogP contribution in [0.2, 0.25) is 5.02 Å². The Bertz CT molecular complexity index is 1110. The van der Waals surface area contributed by atoms with Gasteiger partial charge in [-0.25, -0.2) is 9.37 Å². The molecule has 30 heavy (non-hydrogen) atoms. The molecule has 1 aliphatic carbocycles. The summed E-state index contributed by atoms with van der Waals surface area (Å²) in [5.74, 6) is -0.952. The van der Waals surface area contributed by atoms with Gasteiger partial charge < -0.3 is 4.74 Å². The van der Waals surface area contributed by atoms with E-state index >= 15 is 0 Å². The first-order valence-corrected chi connectivity index (χ1v) is 10.0. The van der Waals surface area contributed by atoms with Crippen molar-refractivity contribution >= 4 is 24.2 Å². The lowest BCUT2D eigenvalue weighted by atomic mass is 9.84. The summed E-state index contributed by atoms with van der Waals surface area (Å²) in [5, 5.41) is 0.724. The zero-order valence-corrected chi connectivity index (χ0v) is 17.5. The number of halogens is 5. The number of nitrogens with zero attached hydrogens (tertiary/aromatic N) is 2. The number of fused-ring (bicyclic) bond motifs is 1. The minimum atomic E-state index is -4.81. The van der Waals surface area contributed by atoms with Gasteiger partial charge in [0.25, 0.3) is 0 Å². The van der Waals surface area contributed by atoms with Crippen molar-refractivity contribution in [3.05, 3.63) is 69.8 Å². The Balaban J connectivity index is 1.89. The van der Waals surface area contributed by atoms with Crippen molar-refractivity contribution in [2.45, 2.75) is 36.5 Å². The van der Waals surface area contributed by atoms with E-state index in [1.807, 2.05) is 12.1 Å². The third kappa shape index (κ3) is 3.67. The molecule has 0 spiro atoms. The van der Waals surface area contributed by atoms with E-state index in [1.165, 1.54) is 13.2 Å². The molecule has 1 aliphatic rings. The fraction of sp³-hybridized carbons (Fsp3) is 0.286. The number of methoxy groups -OCH3 is 1. The van der Waals surface area contributed by atoms with Crippen LogP contribution in [-0.4, -0.2) is 16.7 Å². The number of rotatable bonds is 3. The highest BCUT2D eigenvalue weighted by Crippen LogP contribution is 2.42. The van der Waals surface area contributed by atoms with E-state index in [2.05, 4.69) is 17.6 Å². The summed E-state index contributed by atoms with van der Waals surface area (Å²) in [6.45, 7) is 0. The fourth-order valence-corrected chi connectivity index (χ4v) is 4.50. The molecule has 0 bridgehead atoms. The summed E-state index contributed by atoms with van der Waals surface area (Å²) < 4.78 is 60.5. The maximum absolute atomic E-state index is 13.8. The van der Waals surface area contributed by atoms with Crippen LogP contribution in [0.15, 0.2) is 41.6 Å². The fourth-order valence-electron chi connectivity index (χ4n) is 3.96. The first kappa shape index (κ1) is 21.1. The van der Waals surface area contributed by atoms with Crippen LogP contribution in [0, 0.1) is 5.82 Å². The van der Waals surface area contributed by atoms with Gasteiger partial charge in [0.2, 0.25) is 0 Å². The van der Waals surface area contributed by atoms with E-state index in [0.29, 0.717) is 17.2 Å². The monoisotopic (exact) mass is 456 g/mol. The van der Waals surface area contributed by atoms with Gasteiger partial charge in [0.05, 0.1) is 29.1 Å². The van der Waals surface area contributed by atoms with Crippen molar-refractivity contribution in [2.75, 3.05) is 7.11 Å². The molecule has 0 N–H and O–H groups in total. The number of hydrogen-bond acceptors (Lipinski definition) is 3. The van der Waals surface area contributed by atoms with Gasteiger partial charge in [0.15, 0.2) is 5.16 Å². The molecule has 9 heteroatoms. The van der Waals surface area contributed by atoms with E-state index < -0.39 is 17.6 Å². The number of thiol groups is 1. The SMILES string of the molecule is COc1cc(C2CCCc3nc(S)n(-c4ccc(F)c(C(F)(F)F)c4)c32)ccc1Cl. The molecule has 0 saturated heterocycles. The van der Waals surface area contributed by atoms with Gasteiger partial charge in [-0.3, -0.25) is 4.57 Å². The minimum absolute atomic E-state index is 0.146. The number of hydrogen-bond donors (Lipinski definition) is 1. The lowest BCUT2D eigenvalue weighted by Crippen LogP contribution is -2.16. The summed E-state index contributed by atoms with van der Waals surface area (Å²) >= 11 is 10.6. The van der Waals surface area contributed by atoms with Crippen molar-refractivity contribution < 1.29 is 22.3 Å². The average molecular weight is 457 g/mol. The molecule has 1 unspecified atom stereocenters. The van der Waals surface area contributed by atoms with Crippen molar-refractivity contribution in [3.8, 4) is 11.4 Å². The summed E-state index contributed by atoms with van der Waals surface area (Å²) in [7, 11) is 1.52. The van der Waals surface area contributed by atoms with Gasteiger partial charge in [-0.05, 0) is 55.2 Å². The predicted octanol–water partition coefficient (Wildman–Crippen LogP) is 6.45. The largest absolute Gasteiger partial charge is 0.495 e.